The molecule has 5 heteroatoms. The van der Waals surface area contributed by atoms with E-state index in [0.717, 1.165) is 42.3 Å². The molecule has 0 spiro atoms. The maximum atomic E-state index is 12.3. The first-order chi connectivity index (χ1) is 12.2. The highest BCUT2D eigenvalue weighted by Crippen LogP contribution is 2.24. The molecule has 0 bridgehead atoms. The second-order valence-electron chi connectivity index (χ2n) is 6.60. The van der Waals surface area contributed by atoms with E-state index >= 15 is 0 Å². The van der Waals surface area contributed by atoms with Crippen LogP contribution in [-0.2, 0) is 16.0 Å². The van der Waals surface area contributed by atoms with Crippen molar-refractivity contribution in [2.45, 2.75) is 44.6 Å². The third-order valence-electron chi connectivity index (χ3n) is 4.65. The van der Waals surface area contributed by atoms with Crippen molar-refractivity contribution in [2.24, 2.45) is 0 Å². The number of benzene rings is 1. The number of carbonyl (C=O) groups is 1. The minimum Gasteiger partial charge on any atom is -0.378 e. The Bertz CT molecular complexity index is 665. The van der Waals surface area contributed by atoms with Gasteiger partial charge in [0, 0.05) is 37.6 Å². The first kappa shape index (κ1) is 18.1. The Morgan fingerprint density at radius 2 is 2.16 bits per heavy atom. The van der Waals surface area contributed by atoms with E-state index in [2.05, 4.69) is 22.5 Å². The summed E-state index contributed by atoms with van der Waals surface area (Å²) in [6.07, 6.45) is 6.03. The van der Waals surface area contributed by atoms with Gasteiger partial charge < -0.3 is 9.64 Å². The highest BCUT2D eigenvalue weighted by molar-refractivity contribution is 7.13. The third-order valence-corrected chi connectivity index (χ3v) is 5.59. The number of aromatic nitrogens is 1. The van der Waals surface area contributed by atoms with E-state index in [4.69, 9.17) is 4.74 Å². The van der Waals surface area contributed by atoms with Gasteiger partial charge >= 0.3 is 0 Å². The van der Waals surface area contributed by atoms with Crippen LogP contribution < -0.4 is 0 Å². The predicted octanol–water partition coefficient (Wildman–Crippen LogP) is 4.16. The van der Waals surface area contributed by atoms with Gasteiger partial charge in [0.05, 0.1) is 11.8 Å². The van der Waals surface area contributed by atoms with E-state index in [-0.39, 0.29) is 5.91 Å². The molecule has 0 radical (unpaired) electrons. The summed E-state index contributed by atoms with van der Waals surface area (Å²) in [7, 11) is 1.89. The number of thiazole rings is 1. The lowest BCUT2D eigenvalue weighted by Crippen LogP contribution is -2.31. The van der Waals surface area contributed by atoms with Crippen LogP contribution in [0.1, 0.15) is 37.8 Å². The maximum Gasteiger partial charge on any atom is 0.222 e. The lowest BCUT2D eigenvalue weighted by Gasteiger charge is -2.25. The highest BCUT2D eigenvalue weighted by atomic mass is 32.1. The number of hydrogen-bond donors (Lipinski definition) is 0. The van der Waals surface area contributed by atoms with Crippen molar-refractivity contribution in [3.63, 3.8) is 0 Å². The van der Waals surface area contributed by atoms with E-state index in [1.807, 2.05) is 30.1 Å². The number of carbonyl (C=O) groups excluding carboxylic acids is 1. The standard InChI is InChI=1S/C20H26N2O2S/c1-22(13-12-18-9-5-6-14-24-18)19(23)11-10-17-15-25-20(21-17)16-7-3-2-4-8-16/h2-4,7-8,15,18H,5-6,9-14H2,1H3. The molecule has 134 valence electrons. The number of amides is 1. The Morgan fingerprint density at radius 3 is 2.92 bits per heavy atom. The molecule has 1 amide bonds. The molecule has 1 aliphatic rings. The van der Waals surface area contributed by atoms with Gasteiger partial charge in [0.25, 0.3) is 0 Å². The minimum absolute atomic E-state index is 0.185. The van der Waals surface area contributed by atoms with Gasteiger partial charge in [-0.15, -0.1) is 11.3 Å². The molecule has 2 aromatic rings. The zero-order chi connectivity index (χ0) is 17.5. The molecule has 1 saturated heterocycles. The lowest BCUT2D eigenvalue weighted by molar-refractivity contribution is -0.130. The summed E-state index contributed by atoms with van der Waals surface area (Å²) in [4.78, 5) is 18.8. The van der Waals surface area contributed by atoms with Gasteiger partial charge in [-0.1, -0.05) is 30.3 Å². The molecule has 1 aliphatic heterocycles. The number of hydrogen-bond acceptors (Lipinski definition) is 4. The molecule has 1 aromatic carbocycles. The van der Waals surface area contributed by atoms with E-state index < -0.39 is 0 Å². The van der Waals surface area contributed by atoms with E-state index in [9.17, 15) is 4.79 Å². The van der Waals surface area contributed by atoms with Crippen molar-refractivity contribution < 1.29 is 9.53 Å². The Kier molecular flexibility index (Phi) is 6.59. The molecule has 1 unspecified atom stereocenters. The molecule has 3 rings (SSSR count). The van der Waals surface area contributed by atoms with Crippen molar-refractivity contribution in [1.82, 2.24) is 9.88 Å². The average molecular weight is 359 g/mol. The molecule has 0 N–H and O–H groups in total. The van der Waals surface area contributed by atoms with E-state index in [0.29, 0.717) is 18.9 Å². The Morgan fingerprint density at radius 1 is 1.32 bits per heavy atom. The van der Waals surface area contributed by atoms with Crippen LogP contribution in [0.4, 0.5) is 0 Å². The van der Waals surface area contributed by atoms with Crippen molar-refractivity contribution in [2.75, 3.05) is 20.2 Å². The Hall–Kier alpha value is -1.72. The normalized spacial score (nSPS) is 17.4. The summed E-state index contributed by atoms with van der Waals surface area (Å²) in [5.74, 6) is 0.185. The van der Waals surface area contributed by atoms with Crippen molar-refractivity contribution in [3.05, 3.63) is 41.4 Å². The number of nitrogens with zero attached hydrogens (tertiary/aromatic N) is 2. The summed E-state index contributed by atoms with van der Waals surface area (Å²) in [5, 5.41) is 3.08. The highest BCUT2D eigenvalue weighted by Gasteiger charge is 2.16. The largest absolute Gasteiger partial charge is 0.378 e. The first-order valence-electron chi connectivity index (χ1n) is 9.08. The third kappa shape index (κ3) is 5.38. The molecule has 0 aliphatic carbocycles. The quantitative estimate of drug-likeness (QED) is 0.746. The van der Waals surface area contributed by atoms with Crippen molar-refractivity contribution in [3.8, 4) is 10.6 Å². The van der Waals surface area contributed by atoms with Crippen LogP contribution in [0.25, 0.3) is 10.6 Å². The molecular formula is C20H26N2O2S. The van der Waals surface area contributed by atoms with Gasteiger partial charge in [0.2, 0.25) is 5.91 Å². The van der Waals surface area contributed by atoms with Gasteiger partial charge in [0.1, 0.15) is 5.01 Å². The van der Waals surface area contributed by atoms with Gasteiger partial charge in [-0.3, -0.25) is 4.79 Å². The van der Waals surface area contributed by atoms with Gasteiger partial charge in [-0.25, -0.2) is 4.98 Å². The smallest absolute Gasteiger partial charge is 0.222 e. The lowest BCUT2D eigenvalue weighted by atomic mass is 10.1. The van der Waals surface area contributed by atoms with Crippen LogP contribution in [-0.4, -0.2) is 42.1 Å². The fourth-order valence-corrected chi connectivity index (χ4v) is 3.92. The van der Waals surface area contributed by atoms with Crippen LogP contribution in [0.3, 0.4) is 0 Å². The van der Waals surface area contributed by atoms with E-state index in [1.165, 1.54) is 12.8 Å². The number of ether oxygens (including phenoxy) is 1. The second-order valence-corrected chi connectivity index (χ2v) is 7.46. The summed E-state index contributed by atoms with van der Waals surface area (Å²) in [6.45, 7) is 1.64. The summed E-state index contributed by atoms with van der Waals surface area (Å²) in [6, 6.07) is 10.2. The van der Waals surface area contributed by atoms with Gasteiger partial charge in [-0.05, 0) is 32.1 Å². The van der Waals surface area contributed by atoms with E-state index in [1.54, 1.807) is 11.3 Å². The zero-order valence-corrected chi connectivity index (χ0v) is 15.6. The molecule has 4 nitrogen and oxygen atoms in total. The monoisotopic (exact) mass is 358 g/mol. The Balaban J connectivity index is 1.43. The molecule has 0 saturated carbocycles. The zero-order valence-electron chi connectivity index (χ0n) is 14.8. The molecule has 1 aromatic heterocycles. The summed E-state index contributed by atoms with van der Waals surface area (Å²) in [5.41, 5.74) is 2.14. The van der Waals surface area contributed by atoms with Crippen LogP contribution in [0.5, 0.6) is 0 Å². The SMILES string of the molecule is CN(CCC1CCCCO1)C(=O)CCc1csc(-c2ccccc2)n1. The van der Waals surface area contributed by atoms with Crippen LogP contribution in [0.2, 0.25) is 0 Å². The number of rotatable bonds is 7. The fraction of sp³-hybridized carbons (Fsp3) is 0.500. The van der Waals surface area contributed by atoms with Crippen LogP contribution in [0.15, 0.2) is 35.7 Å². The van der Waals surface area contributed by atoms with Gasteiger partial charge in [0.15, 0.2) is 0 Å². The average Bonchev–Trinajstić information content (AvgIpc) is 3.15. The fourth-order valence-electron chi connectivity index (χ4n) is 3.06. The number of aryl methyl sites for hydroxylation is 1. The van der Waals surface area contributed by atoms with Crippen molar-refractivity contribution in [1.29, 1.82) is 0 Å². The van der Waals surface area contributed by atoms with Crippen LogP contribution >= 0.6 is 11.3 Å². The molecular weight excluding hydrogens is 332 g/mol. The molecule has 2 heterocycles. The molecule has 1 atom stereocenters. The molecule has 25 heavy (non-hydrogen) atoms. The Labute approximate surface area is 153 Å². The van der Waals surface area contributed by atoms with Gasteiger partial charge in [-0.2, -0.15) is 0 Å². The van der Waals surface area contributed by atoms with Crippen molar-refractivity contribution >= 4 is 17.2 Å². The maximum absolute atomic E-state index is 12.3. The first-order valence-corrected chi connectivity index (χ1v) is 9.96. The van der Waals surface area contributed by atoms with Crippen LogP contribution in [0, 0.1) is 0 Å². The minimum atomic E-state index is 0.185. The summed E-state index contributed by atoms with van der Waals surface area (Å²) < 4.78 is 5.74. The topological polar surface area (TPSA) is 42.4 Å². The molecule has 1 fully saturated rings. The second kappa shape index (κ2) is 9.11. The predicted molar refractivity (Wildman–Crippen MR) is 102 cm³/mol. The summed E-state index contributed by atoms with van der Waals surface area (Å²) >= 11 is 1.64.